The Morgan fingerprint density at radius 2 is 1.75 bits per heavy atom. The van der Waals surface area contributed by atoms with E-state index in [-0.39, 0.29) is 18.4 Å². The summed E-state index contributed by atoms with van der Waals surface area (Å²) < 4.78 is 16.4. The van der Waals surface area contributed by atoms with Crippen molar-refractivity contribution in [3.05, 3.63) is 60.6 Å². The van der Waals surface area contributed by atoms with Crippen LogP contribution in [0.3, 0.4) is 0 Å². The van der Waals surface area contributed by atoms with Crippen LogP contribution in [0.15, 0.2) is 59.2 Å². The Labute approximate surface area is 162 Å². The summed E-state index contributed by atoms with van der Waals surface area (Å²) in [5, 5.41) is 5.72. The average molecular weight is 382 g/mol. The molecule has 1 aromatic heterocycles. The Morgan fingerprint density at radius 1 is 1.04 bits per heavy atom. The quantitative estimate of drug-likeness (QED) is 0.718. The third-order valence-corrected chi connectivity index (χ3v) is 4.95. The van der Waals surface area contributed by atoms with Crippen LogP contribution < -0.4 is 15.4 Å². The van der Waals surface area contributed by atoms with Gasteiger partial charge in [-0.3, -0.25) is 9.59 Å². The molecule has 1 saturated heterocycles. The number of carbonyl (C=O) groups is 2. The van der Waals surface area contributed by atoms with E-state index >= 15 is 0 Å². The molecule has 1 aromatic carbocycles. The Bertz CT molecular complexity index is 859. The highest BCUT2D eigenvalue weighted by Gasteiger charge is 2.52. The van der Waals surface area contributed by atoms with Gasteiger partial charge in [0.2, 0.25) is 11.8 Å². The lowest BCUT2D eigenvalue weighted by atomic mass is 9.81. The summed E-state index contributed by atoms with van der Waals surface area (Å²) in [7, 11) is 0. The fourth-order valence-corrected chi connectivity index (χ4v) is 3.67. The first-order valence-corrected chi connectivity index (χ1v) is 9.33. The molecule has 4 rings (SSSR count). The van der Waals surface area contributed by atoms with Crippen LogP contribution in [0.25, 0.3) is 0 Å². The van der Waals surface area contributed by atoms with Crippen molar-refractivity contribution in [1.29, 1.82) is 0 Å². The van der Waals surface area contributed by atoms with E-state index in [4.69, 9.17) is 13.9 Å². The minimum Gasteiger partial charge on any atom is -0.494 e. The molecule has 4 atom stereocenters. The van der Waals surface area contributed by atoms with Crippen molar-refractivity contribution in [2.45, 2.75) is 25.7 Å². The topological polar surface area (TPSA) is 89.8 Å². The van der Waals surface area contributed by atoms with Gasteiger partial charge in [-0.05, 0) is 43.3 Å². The number of rotatable bonds is 7. The zero-order chi connectivity index (χ0) is 19.5. The molecule has 0 spiro atoms. The second-order valence-corrected chi connectivity index (χ2v) is 6.75. The molecule has 0 radical (unpaired) electrons. The summed E-state index contributed by atoms with van der Waals surface area (Å²) in [4.78, 5) is 25.7. The summed E-state index contributed by atoms with van der Waals surface area (Å²) >= 11 is 0. The molecule has 2 N–H and O–H groups in total. The molecule has 2 amide bonds. The highest BCUT2D eigenvalue weighted by atomic mass is 16.5. The van der Waals surface area contributed by atoms with Crippen molar-refractivity contribution in [1.82, 2.24) is 5.32 Å². The predicted octanol–water partition coefficient (Wildman–Crippen LogP) is 2.50. The standard InChI is InChI=1S/C21H22N2O5/c1-2-26-14-7-5-13(6-8-14)23-21(25)19-17-10-9-16(28-17)18(19)20(24)22-12-15-4-3-11-27-15/h3-11,16-19H,2,12H2,1H3,(H,22,24)(H,23,25)/t16-,17+,18+,19+/m1/s1. The smallest absolute Gasteiger partial charge is 0.231 e. The SMILES string of the molecule is CCOc1ccc(NC(=O)[C@@H]2[C@@H](C(=O)NCc3ccco3)[C@H]3C=C[C@@H]2O3)cc1. The van der Waals surface area contributed by atoms with Crippen molar-refractivity contribution < 1.29 is 23.5 Å². The maximum atomic E-state index is 12.9. The predicted molar refractivity (Wildman–Crippen MR) is 102 cm³/mol. The minimum absolute atomic E-state index is 0.222. The summed E-state index contributed by atoms with van der Waals surface area (Å²) in [6.07, 6.45) is 4.47. The molecule has 3 heterocycles. The fourth-order valence-electron chi connectivity index (χ4n) is 3.67. The van der Waals surface area contributed by atoms with E-state index in [1.165, 1.54) is 0 Å². The van der Waals surface area contributed by atoms with Gasteiger partial charge in [-0.25, -0.2) is 0 Å². The summed E-state index contributed by atoms with van der Waals surface area (Å²) in [5.74, 6) is -0.227. The van der Waals surface area contributed by atoms with E-state index in [9.17, 15) is 9.59 Å². The van der Waals surface area contributed by atoms with Gasteiger partial charge in [0.15, 0.2) is 0 Å². The maximum Gasteiger partial charge on any atom is 0.231 e. The molecule has 0 unspecified atom stereocenters. The van der Waals surface area contributed by atoms with Gasteiger partial charge in [-0.15, -0.1) is 0 Å². The second kappa shape index (κ2) is 7.90. The van der Waals surface area contributed by atoms with Gasteiger partial charge in [0.05, 0.1) is 43.5 Å². The average Bonchev–Trinajstić information content (AvgIpc) is 3.45. The number of hydrogen-bond acceptors (Lipinski definition) is 5. The van der Waals surface area contributed by atoms with Crippen LogP contribution in [0, 0.1) is 11.8 Å². The van der Waals surface area contributed by atoms with E-state index < -0.39 is 24.0 Å². The fraction of sp³-hybridized carbons (Fsp3) is 0.333. The molecular formula is C21H22N2O5. The highest BCUT2D eigenvalue weighted by molar-refractivity contribution is 5.97. The number of furan rings is 1. The van der Waals surface area contributed by atoms with Crippen molar-refractivity contribution in [3.63, 3.8) is 0 Å². The zero-order valence-electron chi connectivity index (χ0n) is 15.5. The Morgan fingerprint density at radius 3 is 2.39 bits per heavy atom. The number of carbonyl (C=O) groups excluding carboxylic acids is 2. The molecule has 28 heavy (non-hydrogen) atoms. The van der Waals surface area contributed by atoms with E-state index in [0.717, 1.165) is 5.75 Å². The van der Waals surface area contributed by atoms with Crippen LogP contribution in [0.2, 0.25) is 0 Å². The van der Waals surface area contributed by atoms with Crippen LogP contribution in [0.5, 0.6) is 5.75 Å². The number of amides is 2. The normalized spacial score (nSPS) is 24.9. The van der Waals surface area contributed by atoms with Crippen molar-refractivity contribution in [2.24, 2.45) is 11.8 Å². The molecule has 7 heteroatoms. The molecule has 2 aliphatic rings. The monoisotopic (exact) mass is 382 g/mol. The van der Waals surface area contributed by atoms with Crippen LogP contribution in [0.4, 0.5) is 5.69 Å². The summed E-state index contributed by atoms with van der Waals surface area (Å²) in [6, 6.07) is 10.7. The Balaban J connectivity index is 1.43. The third kappa shape index (κ3) is 3.66. The number of hydrogen-bond donors (Lipinski definition) is 2. The zero-order valence-corrected chi connectivity index (χ0v) is 15.5. The van der Waals surface area contributed by atoms with Gasteiger partial charge in [0.1, 0.15) is 11.5 Å². The van der Waals surface area contributed by atoms with Gasteiger partial charge >= 0.3 is 0 Å². The van der Waals surface area contributed by atoms with E-state index in [0.29, 0.717) is 18.1 Å². The lowest BCUT2D eigenvalue weighted by Crippen LogP contribution is -2.44. The largest absolute Gasteiger partial charge is 0.494 e. The maximum absolute atomic E-state index is 12.9. The number of ether oxygens (including phenoxy) is 2. The van der Waals surface area contributed by atoms with Crippen LogP contribution in [-0.4, -0.2) is 30.6 Å². The number of anilines is 1. The van der Waals surface area contributed by atoms with Crippen molar-refractivity contribution in [2.75, 3.05) is 11.9 Å². The van der Waals surface area contributed by atoms with Crippen LogP contribution in [-0.2, 0) is 20.9 Å². The minimum atomic E-state index is -0.585. The van der Waals surface area contributed by atoms with Crippen LogP contribution >= 0.6 is 0 Å². The molecule has 2 aliphatic heterocycles. The number of benzene rings is 1. The highest BCUT2D eigenvalue weighted by Crippen LogP contribution is 2.40. The second-order valence-electron chi connectivity index (χ2n) is 6.75. The third-order valence-electron chi connectivity index (χ3n) is 4.95. The first-order valence-electron chi connectivity index (χ1n) is 9.33. The molecular weight excluding hydrogens is 360 g/mol. The lowest BCUT2D eigenvalue weighted by molar-refractivity contribution is -0.131. The van der Waals surface area contributed by atoms with Gasteiger partial charge < -0.3 is 24.5 Å². The van der Waals surface area contributed by atoms with Gasteiger partial charge in [-0.2, -0.15) is 0 Å². The first-order chi connectivity index (χ1) is 13.7. The first kappa shape index (κ1) is 18.3. The Hall–Kier alpha value is -3.06. The number of nitrogens with one attached hydrogen (secondary N) is 2. The van der Waals surface area contributed by atoms with Crippen molar-refractivity contribution in [3.8, 4) is 5.75 Å². The number of fused-ring (bicyclic) bond motifs is 2. The molecule has 1 fully saturated rings. The molecule has 2 bridgehead atoms. The van der Waals surface area contributed by atoms with E-state index in [1.807, 2.05) is 19.1 Å². The Kier molecular flexibility index (Phi) is 5.16. The summed E-state index contributed by atoms with van der Waals surface area (Å²) in [6.45, 7) is 2.77. The van der Waals surface area contributed by atoms with Gasteiger partial charge in [-0.1, -0.05) is 12.2 Å². The molecule has 7 nitrogen and oxygen atoms in total. The molecule has 0 saturated carbocycles. The lowest BCUT2D eigenvalue weighted by Gasteiger charge is -2.23. The van der Waals surface area contributed by atoms with E-state index in [2.05, 4.69) is 10.6 Å². The van der Waals surface area contributed by atoms with Gasteiger partial charge in [0.25, 0.3) is 0 Å². The molecule has 146 valence electrons. The molecule has 2 aromatic rings. The molecule has 0 aliphatic carbocycles. The van der Waals surface area contributed by atoms with E-state index in [1.54, 1.807) is 42.7 Å². The van der Waals surface area contributed by atoms with Crippen molar-refractivity contribution >= 4 is 17.5 Å². The van der Waals surface area contributed by atoms with Crippen LogP contribution in [0.1, 0.15) is 12.7 Å². The summed E-state index contributed by atoms with van der Waals surface area (Å²) in [5.41, 5.74) is 0.648. The van der Waals surface area contributed by atoms with Gasteiger partial charge in [0, 0.05) is 5.69 Å².